The third-order valence-electron chi connectivity index (χ3n) is 4.79. The summed E-state index contributed by atoms with van der Waals surface area (Å²) in [5.41, 5.74) is 0. The fourth-order valence-electron chi connectivity index (χ4n) is 2.79. The van der Waals surface area contributed by atoms with Gasteiger partial charge in [0.05, 0.1) is 27.1 Å². The van der Waals surface area contributed by atoms with Crippen molar-refractivity contribution in [1.29, 1.82) is 0 Å². The van der Waals surface area contributed by atoms with Crippen molar-refractivity contribution in [2.75, 3.05) is 14.2 Å². The zero-order chi connectivity index (χ0) is 23.0. The molecule has 0 rings (SSSR count). The molecule has 0 bridgehead atoms. The maximum atomic E-state index is 11.3. The molecule has 0 aromatic heterocycles. The molecule has 0 fully saturated rings. The number of methoxy groups -OCH3 is 2. The summed E-state index contributed by atoms with van der Waals surface area (Å²) in [5, 5.41) is 0. The summed E-state index contributed by atoms with van der Waals surface area (Å²) >= 11 is 5.19. The summed E-state index contributed by atoms with van der Waals surface area (Å²) in [4.78, 5) is 33.9. The first-order chi connectivity index (χ1) is 14.4. The normalized spacial score (nSPS) is 10.0. The van der Waals surface area contributed by atoms with Crippen molar-refractivity contribution in [1.82, 2.24) is 0 Å². The number of carbonyl (C=O) groups excluding carboxylic acids is 3. The van der Waals surface area contributed by atoms with Gasteiger partial charge in [0, 0.05) is 12.8 Å². The van der Waals surface area contributed by atoms with Gasteiger partial charge in [0.1, 0.15) is 5.78 Å². The van der Waals surface area contributed by atoms with Crippen LogP contribution in [0.5, 0.6) is 0 Å². The van der Waals surface area contributed by atoms with Gasteiger partial charge < -0.3 is 9.47 Å². The van der Waals surface area contributed by atoms with E-state index in [1.165, 1.54) is 65.6 Å². The summed E-state index contributed by atoms with van der Waals surface area (Å²) in [6.07, 6.45) is 15.4. The van der Waals surface area contributed by atoms with Crippen LogP contribution in [0.15, 0.2) is 0 Å². The van der Waals surface area contributed by atoms with Crippen molar-refractivity contribution >= 4 is 34.8 Å². The van der Waals surface area contributed by atoms with Crippen LogP contribution >= 0.6 is 12.2 Å². The smallest absolute Gasteiger partial charge is 0.305 e. The van der Waals surface area contributed by atoms with Gasteiger partial charge in [-0.15, -0.1) is 0 Å². The van der Waals surface area contributed by atoms with Crippen molar-refractivity contribution < 1.29 is 23.9 Å². The van der Waals surface area contributed by atoms with Gasteiger partial charge in [-0.25, -0.2) is 0 Å². The van der Waals surface area contributed by atoms with Gasteiger partial charge in [-0.1, -0.05) is 77.4 Å². The predicted molar refractivity (Wildman–Crippen MR) is 127 cm³/mol. The molecular weight excluding hydrogens is 400 g/mol. The van der Waals surface area contributed by atoms with Gasteiger partial charge in [-0.05, 0) is 30.5 Å². The summed E-state index contributed by atoms with van der Waals surface area (Å²) < 4.78 is 9.03. The van der Waals surface area contributed by atoms with E-state index in [4.69, 9.17) is 12.2 Å². The van der Waals surface area contributed by atoms with Crippen LogP contribution < -0.4 is 0 Å². The van der Waals surface area contributed by atoms with E-state index >= 15 is 0 Å². The molecule has 0 saturated heterocycles. The molecule has 0 N–H and O–H groups in total. The number of rotatable bonds is 18. The van der Waals surface area contributed by atoms with Crippen LogP contribution in [0.4, 0.5) is 0 Å². The molecule has 30 heavy (non-hydrogen) atoms. The SMILES string of the molecule is CCCCCCCC(=O)CCC(=O)OC.CCCCCCCC(=S)CCC(=O)OC. The fraction of sp³-hybridized carbons (Fsp3) is 0.833. The average molecular weight is 445 g/mol. The van der Waals surface area contributed by atoms with Crippen LogP contribution in [0.3, 0.4) is 0 Å². The van der Waals surface area contributed by atoms with Crippen LogP contribution in [-0.4, -0.2) is 36.8 Å². The molecule has 0 amide bonds. The highest BCUT2D eigenvalue weighted by molar-refractivity contribution is 7.80. The van der Waals surface area contributed by atoms with Crippen LogP contribution in [0.1, 0.15) is 117 Å². The first kappa shape index (κ1) is 30.9. The summed E-state index contributed by atoms with van der Waals surface area (Å²) in [5.74, 6) is -0.283. The second-order valence-electron chi connectivity index (χ2n) is 7.56. The number of thiocarbonyl (C=S) groups is 1. The molecule has 0 heterocycles. The van der Waals surface area contributed by atoms with Crippen LogP contribution in [0, 0.1) is 0 Å². The number of unbranched alkanes of at least 4 members (excludes halogenated alkanes) is 8. The summed E-state index contributed by atoms with van der Waals surface area (Å²) in [6.45, 7) is 4.38. The highest BCUT2D eigenvalue weighted by atomic mass is 32.1. The summed E-state index contributed by atoms with van der Waals surface area (Å²) in [6, 6.07) is 0. The molecule has 176 valence electrons. The minimum atomic E-state index is -0.297. The lowest BCUT2D eigenvalue weighted by Crippen LogP contribution is -2.05. The highest BCUT2D eigenvalue weighted by Gasteiger charge is 2.06. The van der Waals surface area contributed by atoms with E-state index in [1.54, 1.807) is 0 Å². The molecule has 0 radical (unpaired) electrons. The van der Waals surface area contributed by atoms with Crippen molar-refractivity contribution in [3.63, 3.8) is 0 Å². The highest BCUT2D eigenvalue weighted by Crippen LogP contribution is 2.09. The van der Waals surface area contributed by atoms with Crippen LogP contribution in [-0.2, 0) is 23.9 Å². The number of Topliss-reactive ketones (excluding diaryl/α,β-unsaturated/α-hetero) is 1. The fourth-order valence-corrected chi connectivity index (χ4v) is 3.03. The molecular formula is C24H44O5S. The van der Waals surface area contributed by atoms with Gasteiger partial charge >= 0.3 is 11.9 Å². The Morgan fingerprint density at radius 2 is 1.00 bits per heavy atom. The topological polar surface area (TPSA) is 69.7 Å². The van der Waals surface area contributed by atoms with E-state index in [0.29, 0.717) is 25.7 Å². The lowest BCUT2D eigenvalue weighted by molar-refractivity contribution is -0.142. The van der Waals surface area contributed by atoms with E-state index < -0.39 is 0 Å². The molecule has 0 unspecified atom stereocenters. The molecule has 5 nitrogen and oxygen atoms in total. The molecule has 0 saturated carbocycles. The lowest BCUT2D eigenvalue weighted by Gasteiger charge is -2.03. The van der Waals surface area contributed by atoms with Gasteiger partial charge in [0.15, 0.2) is 0 Å². The molecule has 0 aliphatic carbocycles. The van der Waals surface area contributed by atoms with E-state index in [0.717, 1.165) is 24.1 Å². The second kappa shape index (κ2) is 24.0. The largest absolute Gasteiger partial charge is 0.469 e. The summed E-state index contributed by atoms with van der Waals surface area (Å²) in [7, 11) is 2.76. The Morgan fingerprint density at radius 3 is 1.47 bits per heavy atom. The Hall–Kier alpha value is -1.30. The quantitative estimate of drug-likeness (QED) is 0.136. The first-order valence-electron chi connectivity index (χ1n) is 11.6. The zero-order valence-electron chi connectivity index (χ0n) is 19.8. The maximum Gasteiger partial charge on any atom is 0.305 e. The number of ether oxygens (including phenoxy) is 2. The van der Waals surface area contributed by atoms with Crippen molar-refractivity contribution in [2.24, 2.45) is 0 Å². The molecule has 0 aliphatic heterocycles. The van der Waals surface area contributed by atoms with Crippen molar-refractivity contribution in [2.45, 2.75) is 117 Å². The Kier molecular flexibility index (Phi) is 24.7. The Balaban J connectivity index is 0. The number of hydrogen-bond donors (Lipinski definition) is 0. The molecule has 0 aromatic carbocycles. The predicted octanol–water partition coefficient (Wildman–Crippen LogP) is 6.54. The molecule has 0 atom stereocenters. The lowest BCUT2D eigenvalue weighted by atomic mass is 10.1. The van der Waals surface area contributed by atoms with E-state index in [1.807, 2.05) is 0 Å². The van der Waals surface area contributed by atoms with E-state index in [9.17, 15) is 14.4 Å². The number of hydrogen-bond acceptors (Lipinski definition) is 6. The average Bonchev–Trinajstić information content (AvgIpc) is 2.75. The zero-order valence-corrected chi connectivity index (χ0v) is 20.6. The van der Waals surface area contributed by atoms with E-state index in [2.05, 4.69) is 23.3 Å². The van der Waals surface area contributed by atoms with Crippen molar-refractivity contribution in [3.05, 3.63) is 0 Å². The third-order valence-corrected chi connectivity index (χ3v) is 5.20. The molecule has 0 aromatic rings. The number of esters is 2. The monoisotopic (exact) mass is 444 g/mol. The van der Waals surface area contributed by atoms with Crippen molar-refractivity contribution in [3.8, 4) is 0 Å². The van der Waals surface area contributed by atoms with E-state index in [-0.39, 0.29) is 24.1 Å². The number of carbonyl (C=O) groups is 3. The van der Waals surface area contributed by atoms with Gasteiger partial charge in [-0.2, -0.15) is 0 Å². The van der Waals surface area contributed by atoms with Gasteiger partial charge in [0.25, 0.3) is 0 Å². The number of ketones is 1. The Labute approximate surface area is 189 Å². The van der Waals surface area contributed by atoms with Crippen LogP contribution in [0.2, 0.25) is 0 Å². The van der Waals surface area contributed by atoms with Gasteiger partial charge in [-0.3, -0.25) is 14.4 Å². The minimum absolute atomic E-state index is 0.164. The minimum Gasteiger partial charge on any atom is -0.469 e. The second-order valence-corrected chi connectivity index (χ2v) is 8.14. The van der Waals surface area contributed by atoms with Gasteiger partial charge in [0.2, 0.25) is 0 Å². The standard InChI is InChI=1S/C12H22O3.C12H22O2S/c1-3-4-5-6-7-8-11(13)9-10-12(14)15-2;1-3-4-5-6-7-8-11(15)9-10-12(13)14-2/h2*3-10H2,1-2H3. The first-order valence-corrected chi connectivity index (χ1v) is 12.0. The third kappa shape index (κ3) is 24.7. The van der Waals surface area contributed by atoms with Crippen LogP contribution in [0.25, 0.3) is 0 Å². The molecule has 6 heteroatoms. The Bertz CT molecular complexity index is 421. The maximum absolute atomic E-state index is 11.3. The Morgan fingerprint density at radius 1 is 0.567 bits per heavy atom. The molecule has 0 aliphatic rings. The molecule has 0 spiro atoms.